The van der Waals surface area contributed by atoms with Gasteiger partial charge in [0.2, 0.25) is 0 Å². The summed E-state index contributed by atoms with van der Waals surface area (Å²) in [7, 11) is 0. The standard InChI is InChI=1S/C16H30N2O2/c1-4-15(20-14-7-5-6-12(2)10-14)16(19)18-9-8-17-13(3)11-18/h12-15,17H,4-11H2,1-3H3. The van der Waals surface area contributed by atoms with E-state index in [9.17, 15) is 4.79 Å². The first kappa shape index (κ1) is 15.8. The monoisotopic (exact) mass is 282 g/mol. The van der Waals surface area contributed by atoms with Gasteiger partial charge in [0.25, 0.3) is 5.91 Å². The van der Waals surface area contributed by atoms with Crippen LogP contribution >= 0.6 is 0 Å². The van der Waals surface area contributed by atoms with E-state index in [2.05, 4.69) is 26.1 Å². The maximum atomic E-state index is 12.6. The maximum Gasteiger partial charge on any atom is 0.251 e. The molecule has 0 radical (unpaired) electrons. The summed E-state index contributed by atoms with van der Waals surface area (Å²) in [4.78, 5) is 14.6. The molecule has 4 nitrogen and oxygen atoms in total. The third-order valence-electron chi connectivity index (χ3n) is 4.57. The van der Waals surface area contributed by atoms with Crippen LogP contribution < -0.4 is 5.32 Å². The summed E-state index contributed by atoms with van der Waals surface area (Å²) in [6.07, 6.45) is 5.60. The minimum atomic E-state index is -0.240. The lowest BCUT2D eigenvalue weighted by atomic mass is 9.88. The summed E-state index contributed by atoms with van der Waals surface area (Å²) in [6.45, 7) is 8.98. The number of amides is 1. The lowest BCUT2D eigenvalue weighted by molar-refractivity contribution is -0.151. The van der Waals surface area contributed by atoms with Crippen LogP contribution in [-0.4, -0.2) is 48.7 Å². The Morgan fingerprint density at radius 3 is 2.85 bits per heavy atom. The van der Waals surface area contributed by atoms with Crippen molar-refractivity contribution in [3.05, 3.63) is 0 Å². The molecule has 4 unspecified atom stereocenters. The predicted molar refractivity (Wildman–Crippen MR) is 80.6 cm³/mol. The molecular formula is C16H30N2O2. The van der Waals surface area contributed by atoms with E-state index in [0.29, 0.717) is 6.04 Å². The van der Waals surface area contributed by atoms with Crippen molar-refractivity contribution >= 4 is 5.91 Å². The fraction of sp³-hybridized carbons (Fsp3) is 0.938. The fourth-order valence-electron chi connectivity index (χ4n) is 3.40. The Bertz CT molecular complexity index is 322. The molecule has 0 aromatic carbocycles. The number of piperazine rings is 1. The van der Waals surface area contributed by atoms with Gasteiger partial charge in [0.1, 0.15) is 6.10 Å². The van der Waals surface area contributed by atoms with Crippen molar-refractivity contribution in [1.82, 2.24) is 10.2 Å². The molecule has 1 N–H and O–H groups in total. The summed E-state index contributed by atoms with van der Waals surface area (Å²) >= 11 is 0. The number of nitrogens with zero attached hydrogens (tertiary/aromatic N) is 1. The van der Waals surface area contributed by atoms with Crippen molar-refractivity contribution in [3.8, 4) is 0 Å². The largest absolute Gasteiger partial charge is 0.365 e. The Hall–Kier alpha value is -0.610. The van der Waals surface area contributed by atoms with Crippen molar-refractivity contribution in [2.75, 3.05) is 19.6 Å². The molecule has 2 rings (SSSR count). The van der Waals surface area contributed by atoms with Gasteiger partial charge in [-0.3, -0.25) is 4.79 Å². The number of carbonyl (C=O) groups is 1. The quantitative estimate of drug-likeness (QED) is 0.859. The molecule has 20 heavy (non-hydrogen) atoms. The third kappa shape index (κ3) is 4.19. The molecule has 0 spiro atoms. The molecule has 1 aliphatic heterocycles. The molecule has 0 aromatic rings. The van der Waals surface area contributed by atoms with Gasteiger partial charge in [0, 0.05) is 25.7 Å². The highest BCUT2D eigenvalue weighted by Gasteiger charge is 2.30. The zero-order chi connectivity index (χ0) is 14.5. The van der Waals surface area contributed by atoms with E-state index in [1.807, 2.05) is 4.90 Å². The van der Waals surface area contributed by atoms with E-state index < -0.39 is 0 Å². The molecule has 0 aromatic heterocycles. The molecule has 1 saturated heterocycles. The first-order chi connectivity index (χ1) is 9.60. The Morgan fingerprint density at radius 1 is 1.40 bits per heavy atom. The molecule has 1 aliphatic carbocycles. The highest BCUT2D eigenvalue weighted by atomic mass is 16.5. The van der Waals surface area contributed by atoms with Crippen LogP contribution in [0.25, 0.3) is 0 Å². The van der Waals surface area contributed by atoms with Crippen molar-refractivity contribution in [1.29, 1.82) is 0 Å². The van der Waals surface area contributed by atoms with Crippen LogP contribution in [0.1, 0.15) is 52.9 Å². The second-order valence-corrected chi connectivity index (χ2v) is 6.57. The highest BCUT2D eigenvalue weighted by Crippen LogP contribution is 2.27. The van der Waals surface area contributed by atoms with Gasteiger partial charge < -0.3 is 15.0 Å². The molecule has 0 bridgehead atoms. The highest BCUT2D eigenvalue weighted by molar-refractivity contribution is 5.81. The van der Waals surface area contributed by atoms with Crippen LogP contribution in [-0.2, 0) is 9.53 Å². The summed E-state index contributed by atoms with van der Waals surface area (Å²) in [5.41, 5.74) is 0. The van der Waals surface area contributed by atoms with Crippen LogP contribution in [0.5, 0.6) is 0 Å². The van der Waals surface area contributed by atoms with Gasteiger partial charge >= 0.3 is 0 Å². The average Bonchev–Trinajstić information content (AvgIpc) is 2.44. The molecule has 1 amide bonds. The minimum absolute atomic E-state index is 0.194. The number of rotatable bonds is 4. The van der Waals surface area contributed by atoms with E-state index in [1.54, 1.807) is 0 Å². The Kier molecular flexibility index (Phi) is 5.85. The molecule has 4 heteroatoms. The summed E-state index contributed by atoms with van der Waals surface area (Å²) in [5, 5.41) is 3.38. The van der Waals surface area contributed by atoms with E-state index in [1.165, 1.54) is 12.8 Å². The SMILES string of the molecule is CCC(OC1CCCC(C)C1)C(=O)N1CCNC(C)C1. The summed E-state index contributed by atoms with van der Waals surface area (Å²) in [5.74, 6) is 0.930. The third-order valence-corrected chi connectivity index (χ3v) is 4.57. The first-order valence-electron chi connectivity index (χ1n) is 8.27. The van der Waals surface area contributed by atoms with Crippen molar-refractivity contribution in [3.63, 3.8) is 0 Å². The van der Waals surface area contributed by atoms with Gasteiger partial charge in [-0.2, -0.15) is 0 Å². The second kappa shape index (κ2) is 7.41. The molecule has 1 saturated carbocycles. The van der Waals surface area contributed by atoms with Crippen LogP contribution in [0.4, 0.5) is 0 Å². The minimum Gasteiger partial charge on any atom is -0.365 e. The smallest absolute Gasteiger partial charge is 0.251 e. The number of hydrogen-bond donors (Lipinski definition) is 1. The van der Waals surface area contributed by atoms with Crippen molar-refractivity contribution in [2.24, 2.45) is 5.92 Å². The van der Waals surface area contributed by atoms with Gasteiger partial charge in [-0.25, -0.2) is 0 Å². The first-order valence-corrected chi connectivity index (χ1v) is 8.27. The molecule has 2 fully saturated rings. The van der Waals surface area contributed by atoms with Crippen LogP contribution in [0.3, 0.4) is 0 Å². The lowest BCUT2D eigenvalue weighted by Gasteiger charge is -2.36. The second-order valence-electron chi connectivity index (χ2n) is 6.57. The molecule has 1 heterocycles. The fourth-order valence-corrected chi connectivity index (χ4v) is 3.40. The number of carbonyl (C=O) groups excluding carboxylic acids is 1. The predicted octanol–water partition coefficient (Wildman–Crippen LogP) is 2.18. The Labute approximate surface area is 123 Å². The maximum absolute atomic E-state index is 12.6. The zero-order valence-electron chi connectivity index (χ0n) is 13.2. The average molecular weight is 282 g/mol. The molecule has 116 valence electrons. The van der Waals surface area contributed by atoms with Gasteiger partial charge in [-0.05, 0) is 32.1 Å². The summed E-state index contributed by atoms with van der Waals surface area (Å²) in [6, 6.07) is 0.389. The molecule has 2 aliphatic rings. The van der Waals surface area contributed by atoms with E-state index in [-0.39, 0.29) is 18.1 Å². The topological polar surface area (TPSA) is 41.6 Å². The van der Waals surface area contributed by atoms with Gasteiger partial charge in [-0.1, -0.05) is 26.7 Å². The Balaban J connectivity index is 1.88. The summed E-state index contributed by atoms with van der Waals surface area (Å²) < 4.78 is 6.15. The molecular weight excluding hydrogens is 252 g/mol. The van der Waals surface area contributed by atoms with E-state index in [0.717, 1.165) is 44.8 Å². The van der Waals surface area contributed by atoms with Gasteiger partial charge in [0.05, 0.1) is 6.10 Å². The number of hydrogen-bond acceptors (Lipinski definition) is 3. The Morgan fingerprint density at radius 2 is 2.20 bits per heavy atom. The lowest BCUT2D eigenvalue weighted by Crippen LogP contribution is -2.54. The number of ether oxygens (including phenoxy) is 1. The van der Waals surface area contributed by atoms with E-state index in [4.69, 9.17) is 4.74 Å². The zero-order valence-corrected chi connectivity index (χ0v) is 13.2. The van der Waals surface area contributed by atoms with Crippen molar-refractivity contribution in [2.45, 2.75) is 71.1 Å². The van der Waals surface area contributed by atoms with Crippen molar-refractivity contribution < 1.29 is 9.53 Å². The van der Waals surface area contributed by atoms with Crippen LogP contribution in [0.2, 0.25) is 0 Å². The molecule has 4 atom stereocenters. The van der Waals surface area contributed by atoms with Crippen LogP contribution in [0.15, 0.2) is 0 Å². The normalized spacial score (nSPS) is 33.0. The number of nitrogens with one attached hydrogen (secondary N) is 1. The van der Waals surface area contributed by atoms with Gasteiger partial charge in [0.15, 0.2) is 0 Å². The van der Waals surface area contributed by atoms with Gasteiger partial charge in [-0.15, -0.1) is 0 Å². The van der Waals surface area contributed by atoms with E-state index >= 15 is 0 Å². The van der Waals surface area contributed by atoms with Crippen LogP contribution in [0, 0.1) is 5.92 Å².